The number of aromatic nitrogens is 4. The van der Waals surface area contributed by atoms with Crippen molar-refractivity contribution in [1.29, 1.82) is 0 Å². The van der Waals surface area contributed by atoms with Crippen LogP contribution in [0.5, 0.6) is 0 Å². The molecule has 2 aromatic heterocycles. The van der Waals surface area contributed by atoms with E-state index in [2.05, 4.69) is 20.3 Å². The van der Waals surface area contributed by atoms with Gasteiger partial charge >= 0.3 is 0 Å². The second kappa shape index (κ2) is 3.34. The maximum absolute atomic E-state index is 5.58. The highest BCUT2D eigenvalue weighted by Gasteiger charge is 2.26. The molecule has 0 saturated heterocycles. The maximum Gasteiger partial charge on any atom is 0.278 e. The van der Waals surface area contributed by atoms with Gasteiger partial charge in [-0.1, -0.05) is 5.16 Å². The number of hydrogen-bond donors (Lipinski definition) is 1. The number of nitrogens with zero attached hydrogens (tertiary/aromatic N) is 3. The van der Waals surface area contributed by atoms with Crippen LogP contribution in [0.2, 0.25) is 0 Å². The van der Waals surface area contributed by atoms with Crippen molar-refractivity contribution in [3.8, 4) is 11.6 Å². The van der Waals surface area contributed by atoms with E-state index in [-0.39, 0.29) is 5.88 Å². The van der Waals surface area contributed by atoms with Gasteiger partial charge in [-0.05, 0) is 18.9 Å². The van der Waals surface area contributed by atoms with Crippen LogP contribution >= 0.6 is 11.6 Å². The van der Waals surface area contributed by atoms with Crippen LogP contribution in [0.25, 0.3) is 11.6 Å². The third-order valence-electron chi connectivity index (χ3n) is 2.42. The smallest absolute Gasteiger partial charge is 0.278 e. The Kier molecular flexibility index (Phi) is 1.98. The molecule has 2 aromatic rings. The molecule has 0 spiro atoms. The van der Waals surface area contributed by atoms with Crippen LogP contribution in [-0.2, 0) is 5.88 Å². The average molecular weight is 225 g/mol. The molecule has 15 heavy (non-hydrogen) atoms. The number of alkyl halides is 1. The molecule has 2 heterocycles. The van der Waals surface area contributed by atoms with Gasteiger partial charge in [-0.15, -0.1) is 11.6 Å². The summed E-state index contributed by atoms with van der Waals surface area (Å²) in [5.74, 6) is 1.81. The van der Waals surface area contributed by atoms with Crippen molar-refractivity contribution in [2.75, 3.05) is 0 Å². The molecule has 3 rings (SSSR count). The molecular weight excluding hydrogens is 216 g/mol. The van der Waals surface area contributed by atoms with Crippen molar-refractivity contribution in [2.45, 2.75) is 24.6 Å². The summed E-state index contributed by atoms with van der Waals surface area (Å²) in [6, 6.07) is 1.96. The van der Waals surface area contributed by atoms with Gasteiger partial charge in [0.15, 0.2) is 11.5 Å². The highest BCUT2D eigenvalue weighted by molar-refractivity contribution is 6.16. The lowest BCUT2D eigenvalue weighted by atomic mass is 10.3. The minimum Gasteiger partial charge on any atom is -0.332 e. The first-order valence-corrected chi connectivity index (χ1v) is 5.34. The van der Waals surface area contributed by atoms with Gasteiger partial charge in [0.05, 0.1) is 5.88 Å². The summed E-state index contributed by atoms with van der Waals surface area (Å²) in [6.45, 7) is 0. The van der Waals surface area contributed by atoms with E-state index in [0.29, 0.717) is 23.3 Å². The van der Waals surface area contributed by atoms with Gasteiger partial charge in [0, 0.05) is 11.6 Å². The zero-order chi connectivity index (χ0) is 10.3. The first-order chi connectivity index (χ1) is 7.36. The quantitative estimate of drug-likeness (QED) is 0.811. The predicted octanol–water partition coefficient (Wildman–Crippen LogP) is 2.08. The van der Waals surface area contributed by atoms with Gasteiger partial charge < -0.3 is 4.52 Å². The molecular formula is C9H9ClN4O. The molecule has 1 aliphatic rings. The highest BCUT2D eigenvalue weighted by Crippen LogP contribution is 2.39. The van der Waals surface area contributed by atoms with Crippen LogP contribution in [0, 0.1) is 0 Å². The molecule has 6 heteroatoms. The molecule has 0 bridgehead atoms. The van der Waals surface area contributed by atoms with Crippen LogP contribution < -0.4 is 0 Å². The fourth-order valence-electron chi connectivity index (χ4n) is 1.46. The number of aromatic amines is 1. The number of hydrogen-bond acceptors (Lipinski definition) is 4. The SMILES string of the molecule is ClCc1noc(-c2cc(C3CC3)[nH]n2)n1. The fraction of sp³-hybridized carbons (Fsp3) is 0.444. The van der Waals surface area contributed by atoms with E-state index in [0.717, 1.165) is 5.69 Å². The maximum atomic E-state index is 5.58. The van der Waals surface area contributed by atoms with Crippen LogP contribution in [0.3, 0.4) is 0 Å². The third-order valence-corrected chi connectivity index (χ3v) is 2.66. The summed E-state index contributed by atoms with van der Waals surface area (Å²) >= 11 is 5.58. The van der Waals surface area contributed by atoms with Gasteiger partial charge in [-0.25, -0.2) is 0 Å². The molecule has 0 aliphatic heterocycles. The number of H-pyrrole nitrogens is 1. The predicted molar refractivity (Wildman–Crippen MR) is 53.4 cm³/mol. The lowest BCUT2D eigenvalue weighted by Crippen LogP contribution is -1.80. The van der Waals surface area contributed by atoms with Gasteiger partial charge in [-0.2, -0.15) is 10.1 Å². The molecule has 1 fully saturated rings. The van der Waals surface area contributed by atoms with Gasteiger partial charge in [0.2, 0.25) is 0 Å². The monoisotopic (exact) mass is 224 g/mol. The molecule has 0 unspecified atom stereocenters. The Labute approximate surface area is 90.8 Å². The van der Waals surface area contributed by atoms with Crippen LogP contribution in [0.15, 0.2) is 10.6 Å². The summed E-state index contributed by atoms with van der Waals surface area (Å²) in [7, 11) is 0. The van der Waals surface area contributed by atoms with E-state index >= 15 is 0 Å². The molecule has 5 nitrogen and oxygen atoms in total. The van der Waals surface area contributed by atoms with E-state index < -0.39 is 0 Å². The van der Waals surface area contributed by atoms with Crippen LogP contribution in [0.4, 0.5) is 0 Å². The summed E-state index contributed by atoms with van der Waals surface area (Å²) in [6.07, 6.45) is 2.47. The Morgan fingerprint density at radius 1 is 1.53 bits per heavy atom. The summed E-state index contributed by atoms with van der Waals surface area (Å²) < 4.78 is 5.03. The van der Waals surface area contributed by atoms with Crippen molar-refractivity contribution in [3.63, 3.8) is 0 Å². The van der Waals surface area contributed by atoms with Gasteiger partial charge in [0.25, 0.3) is 5.89 Å². The molecule has 0 atom stereocenters. The van der Waals surface area contributed by atoms with Crippen molar-refractivity contribution in [2.24, 2.45) is 0 Å². The molecule has 78 valence electrons. The molecule has 1 N–H and O–H groups in total. The largest absolute Gasteiger partial charge is 0.332 e. The Bertz CT molecular complexity index is 474. The normalized spacial score (nSPS) is 15.8. The molecule has 0 aromatic carbocycles. The van der Waals surface area contributed by atoms with E-state index in [9.17, 15) is 0 Å². The van der Waals surface area contributed by atoms with E-state index in [1.165, 1.54) is 12.8 Å². The minimum atomic E-state index is 0.253. The Morgan fingerprint density at radius 3 is 3.07 bits per heavy atom. The Hall–Kier alpha value is -1.36. The van der Waals surface area contributed by atoms with E-state index in [1.807, 2.05) is 6.07 Å². The van der Waals surface area contributed by atoms with Crippen LogP contribution in [-0.4, -0.2) is 20.3 Å². The summed E-state index contributed by atoms with van der Waals surface area (Å²) in [5.41, 5.74) is 1.84. The molecule has 1 saturated carbocycles. The third kappa shape index (κ3) is 1.63. The van der Waals surface area contributed by atoms with Gasteiger partial charge in [-0.3, -0.25) is 5.10 Å². The number of halogens is 1. The van der Waals surface area contributed by atoms with Crippen molar-refractivity contribution < 1.29 is 4.52 Å². The fourth-order valence-corrected chi connectivity index (χ4v) is 1.57. The second-order valence-electron chi connectivity index (χ2n) is 3.63. The number of rotatable bonds is 3. The molecule has 0 amide bonds. The van der Waals surface area contributed by atoms with E-state index in [1.54, 1.807) is 0 Å². The zero-order valence-corrected chi connectivity index (χ0v) is 8.66. The van der Waals surface area contributed by atoms with Crippen LogP contribution in [0.1, 0.15) is 30.3 Å². The summed E-state index contributed by atoms with van der Waals surface area (Å²) in [4.78, 5) is 4.10. The highest BCUT2D eigenvalue weighted by atomic mass is 35.5. The lowest BCUT2D eigenvalue weighted by molar-refractivity contribution is 0.423. The molecule has 0 radical (unpaired) electrons. The zero-order valence-electron chi connectivity index (χ0n) is 7.90. The first kappa shape index (κ1) is 8.91. The van der Waals surface area contributed by atoms with Crippen molar-refractivity contribution >= 4 is 11.6 Å². The Morgan fingerprint density at radius 2 is 2.40 bits per heavy atom. The van der Waals surface area contributed by atoms with Gasteiger partial charge in [0.1, 0.15) is 0 Å². The summed E-state index contributed by atoms with van der Waals surface area (Å²) in [5, 5.41) is 10.8. The standard InChI is InChI=1S/C9H9ClN4O/c10-4-8-11-9(15-14-8)7-3-6(12-13-7)5-1-2-5/h3,5H,1-2,4H2,(H,12,13). The number of nitrogens with one attached hydrogen (secondary N) is 1. The van der Waals surface area contributed by atoms with Crippen molar-refractivity contribution in [1.82, 2.24) is 20.3 Å². The molecule has 1 aliphatic carbocycles. The topological polar surface area (TPSA) is 67.6 Å². The minimum absolute atomic E-state index is 0.253. The Balaban J connectivity index is 1.90. The average Bonchev–Trinajstić information content (AvgIpc) is 2.84. The van der Waals surface area contributed by atoms with Crippen molar-refractivity contribution in [3.05, 3.63) is 17.6 Å². The lowest BCUT2D eigenvalue weighted by Gasteiger charge is -1.84. The first-order valence-electron chi connectivity index (χ1n) is 4.81. The van der Waals surface area contributed by atoms with E-state index in [4.69, 9.17) is 16.1 Å². The second-order valence-corrected chi connectivity index (χ2v) is 3.90.